The quantitative estimate of drug-likeness (QED) is 0.505. The molecule has 0 aliphatic heterocycles. The molecule has 1 spiro atoms. The molecule has 0 radical (unpaired) electrons. The van der Waals surface area contributed by atoms with Gasteiger partial charge in [0.25, 0.3) is 0 Å². The van der Waals surface area contributed by atoms with Crippen molar-refractivity contribution >= 4 is 0 Å². The minimum Gasteiger partial charge on any atom is -0.0533 e. The fourth-order valence-corrected chi connectivity index (χ4v) is 3.04. The number of hydrogen-bond donors (Lipinski definition) is 0. The van der Waals surface area contributed by atoms with E-state index in [-0.39, 0.29) is 0 Å². The summed E-state index contributed by atoms with van der Waals surface area (Å²) in [6.45, 7) is 0. The van der Waals surface area contributed by atoms with E-state index < -0.39 is 0 Å². The van der Waals surface area contributed by atoms with E-state index in [0.29, 0.717) is 0 Å². The Labute approximate surface area is 89.5 Å². The largest absolute Gasteiger partial charge is 0.0533 e. The maximum absolute atomic E-state index is 1.56. The summed E-state index contributed by atoms with van der Waals surface area (Å²) < 4.78 is 0. The lowest BCUT2D eigenvalue weighted by Crippen LogP contribution is -2.01. The monoisotopic (exact) mass is 194 g/mol. The molecule has 0 bridgehead atoms. The van der Waals surface area contributed by atoms with Gasteiger partial charge in [-0.05, 0) is 31.1 Å². The summed E-state index contributed by atoms with van der Waals surface area (Å²) in [6, 6.07) is 0. The third-order valence-corrected chi connectivity index (χ3v) is 4.37. The summed E-state index contributed by atoms with van der Waals surface area (Å²) in [5.41, 5.74) is 0.874. The minimum atomic E-state index is 0.874. The fourth-order valence-electron chi connectivity index (χ4n) is 3.04. The van der Waals surface area contributed by atoms with Crippen LogP contribution in [0.1, 0.15) is 83.5 Å². The van der Waals surface area contributed by atoms with Gasteiger partial charge in [0.1, 0.15) is 0 Å². The van der Waals surface area contributed by atoms with Crippen molar-refractivity contribution in [3.63, 3.8) is 0 Å². The molecular weight excluding hydrogens is 168 g/mol. The number of rotatable bonds is 0. The Morgan fingerprint density at radius 3 is 1.07 bits per heavy atom. The summed E-state index contributed by atoms with van der Waals surface area (Å²) in [7, 11) is 0. The molecule has 2 rings (SSSR count). The van der Waals surface area contributed by atoms with E-state index in [1.165, 1.54) is 57.8 Å². The van der Waals surface area contributed by atoms with Gasteiger partial charge in [-0.15, -0.1) is 0 Å². The molecule has 0 heterocycles. The molecule has 2 aliphatic carbocycles. The Hall–Kier alpha value is 0. The zero-order valence-corrected chi connectivity index (χ0v) is 9.69. The molecule has 82 valence electrons. The molecular formula is C14H26. The van der Waals surface area contributed by atoms with Crippen LogP contribution in [-0.4, -0.2) is 0 Å². The van der Waals surface area contributed by atoms with E-state index >= 15 is 0 Å². The molecule has 0 heteroatoms. The van der Waals surface area contributed by atoms with Crippen molar-refractivity contribution in [2.24, 2.45) is 5.41 Å². The van der Waals surface area contributed by atoms with E-state index in [2.05, 4.69) is 0 Å². The van der Waals surface area contributed by atoms with Gasteiger partial charge in [0.2, 0.25) is 0 Å². The molecule has 2 aliphatic rings. The first-order chi connectivity index (χ1) is 6.91. The highest BCUT2D eigenvalue weighted by atomic mass is 14.5. The van der Waals surface area contributed by atoms with E-state index in [0.717, 1.165) is 5.41 Å². The lowest BCUT2D eigenvalue weighted by molar-refractivity contribution is 0.375. The molecule has 0 aromatic carbocycles. The van der Waals surface area contributed by atoms with Crippen LogP contribution in [0.25, 0.3) is 0 Å². The molecule has 0 nitrogen and oxygen atoms in total. The molecule has 2 fully saturated rings. The van der Waals surface area contributed by atoms with Crippen LogP contribution < -0.4 is 0 Å². The Morgan fingerprint density at radius 1 is 0.357 bits per heavy atom. The normalized spacial score (nSPS) is 29.1. The van der Waals surface area contributed by atoms with Crippen LogP contribution in [0.3, 0.4) is 0 Å². The standard InChI is InChI=1S/C14H26/c1-2-4-6-8-10-14(12-13-14)11-9-7-5-3-1/h1-13H2. The first-order valence-corrected chi connectivity index (χ1v) is 6.91. The van der Waals surface area contributed by atoms with Gasteiger partial charge in [-0.1, -0.05) is 57.8 Å². The molecule has 0 aromatic rings. The van der Waals surface area contributed by atoms with Crippen LogP contribution in [0.15, 0.2) is 0 Å². The van der Waals surface area contributed by atoms with Gasteiger partial charge < -0.3 is 0 Å². The van der Waals surface area contributed by atoms with Gasteiger partial charge >= 0.3 is 0 Å². The summed E-state index contributed by atoms with van der Waals surface area (Å²) >= 11 is 0. The van der Waals surface area contributed by atoms with Gasteiger partial charge in [-0.3, -0.25) is 0 Å². The van der Waals surface area contributed by atoms with Gasteiger partial charge in [0, 0.05) is 0 Å². The maximum atomic E-state index is 1.56. The average molecular weight is 194 g/mol. The van der Waals surface area contributed by atoms with Crippen molar-refractivity contribution in [1.82, 2.24) is 0 Å². The summed E-state index contributed by atoms with van der Waals surface area (Å²) in [4.78, 5) is 0. The molecule has 0 saturated heterocycles. The Bertz CT molecular complexity index is 141. The highest BCUT2D eigenvalue weighted by Gasteiger charge is 2.40. The minimum absolute atomic E-state index is 0.874. The predicted octanol–water partition coefficient (Wildman–Crippen LogP) is 5.07. The third kappa shape index (κ3) is 3.29. The van der Waals surface area contributed by atoms with Gasteiger partial charge in [0.15, 0.2) is 0 Å². The van der Waals surface area contributed by atoms with Crippen LogP contribution in [-0.2, 0) is 0 Å². The summed E-state index contributed by atoms with van der Waals surface area (Å²) in [5, 5.41) is 0. The van der Waals surface area contributed by atoms with Crippen LogP contribution in [0.4, 0.5) is 0 Å². The van der Waals surface area contributed by atoms with E-state index in [1.807, 2.05) is 0 Å². The van der Waals surface area contributed by atoms with Gasteiger partial charge in [-0.2, -0.15) is 0 Å². The zero-order chi connectivity index (χ0) is 9.69. The van der Waals surface area contributed by atoms with Gasteiger partial charge in [-0.25, -0.2) is 0 Å². The highest BCUT2D eigenvalue weighted by molar-refractivity contribution is 4.92. The van der Waals surface area contributed by atoms with E-state index in [4.69, 9.17) is 0 Å². The van der Waals surface area contributed by atoms with Crippen LogP contribution in [0, 0.1) is 5.41 Å². The van der Waals surface area contributed by atoms with Crippen LogP contribution in [0.2, 0.25) is 0 Å². The lowest BCUT2D eigenvalue weighted by Gasteiger charge is -2.15. The molecule has 0 aromatic heterocycles. The second-order valence-electron chi connectivity index (χ2n) is 5.68. The van der Waals surface area contributed by atoms with Crippen molar-refractivity contribution in [3.05, 3.63) is 0 Å². The topological polar surface area (TPSA) is 0 Å². The molecule has 0 N–H and O–H groups in total. The molecule has 14 heavy (non-hydrogen) atoms. The smallest absolute Gasteiger partial charge is 0.0297 e. The summed E-state index contributed by atoms with van der Waals surface area (Å²) in [6.07, 6.45) is 19.9. The maximum Gasteiger partial charge on any atom is -0.0297 e. The molecule has 2 saturated carbocycles. The van der Waals surface area contributed by atoms with Crippen molar-refractivity contribution < 1.29 is 0 Å². The first-order valence-electron chi connectivity index (χ1n) is 6.91. The first kappa shape index (κ1) is 10.5. The Kier molecular flexibility index (Phi) is 3.89. The second-order valence-corrected chi connectivity index (χ2v) is 5.68. The average Bonchev–Trinajstić information content (AvgIpc) is 2.92. The fraction of sp³-hybridized carbons (Fsp3) is 1.00. The van der Waals surface area contributed by atoms with E-state index in [9.17, 15) is 0 Å². The van der Waals surface area contributed by atoms with Gasteiger partial charge in [0.05, 0.1) is 0 Å². The molecule has 0 atom stereocenters. The van der Waals surface area contributed by atoms with Crippen LogP contribution in [0.5, 0.6) is 0 Å². The SMILES string of the molecule is C1CCCCCC2(CCCCC1)CC2. The Balaban J connectivity index is 1.71. The summed E-state index contributed by atoms with van der Waals surface area (Å²) in [5.74, 6) is 0. The zero-order valence-electron chi connectivity index (χ0n) is 9.69. The highest BCUT2D eigenvalue weighted by Crippen LogP contribution is 2.53. The second kappa shape index (κ2) is 5.19. The van der Waals surface area contributed by atoms with Crippen molar-refractivity contribution in [1.29, 1.82) is 0 Å². The molecule has 0 unspecified atom stereocenters. The Morgan fingerprint density at radius 2 is 0.714 bits per heavy atom. The number of hydrogen-bond acceptors (Lipinski definition) is 0. The third-order valence-electron chi connectivity index (χ3n) is 4.37. The van der Waals surface area contributed by atoms with Crippen molar-refractivity contribution in [2.75, 3.05) is 0 Å². The van der Waals surface area contributed by atoms with Crippen molar-refractivity contribution in [3.8, 4) is 0 Å². The predicted molar refractivity (Wildman–Crippen MR) is 62.5 cm³/mol. The lowest BCUT2D eigenvalue weighted by atomic mass is 9.90. The van der Waals surface area contributed by atoms with E-state index in [1.54, 1.807) is 25.7 Å². The molecule has 0 amide bonds. The van der Waals surface area contributed by atoms with Crippen LogP contribution >= 0.6 is 0 Å². The van der Waals surface area contributed by atoms with Crippen molar-refractivity contribution in [2.45, 2.75) is 83.5 Å².